The molecule has 0 saturated heterocycles. The highest BCUT2D eigenvalue weighted by Crippen LogP contribution is 2.28. The Balaban J connectivity index is 1.47. The highest BCUT2D eigenvalue weighted by molar-refractivity contribution is 5.78. The Morgan fingerprint density at radius 1 is 1.21 bits per heavy atom. The Labute approximate surface area is 162 Å². The molecule has 0 aliphatic heterocycles. The van der Waals surface area contributed by atoms with Crippen LogP contribution < -0.4 is 10.6 Å². The molecule has 3 heterocycles. The fourth-order valence-electron chi connectivity index (χ4n) is 2.97. The van der Waals surface area contributed by atoms with E-state index in [1.807, 2.05) is 28.8 Å². The molecule has 0 bridgehead atoms. The van der Waals surface area contributed by atoms with E-state index in [1.165, 1.54) is 5.56 Å². The summed E-state index contributed by atoms with van der Waals surface area (Å²) in [6, 6.07) is 11.8. The van der Waals surface area contributed by atoms with Gasteiger partial charge in [0.05, 0.1) is 19.0 Å². The Kier molecular flexibility index (Phi) is 5.05. The van der Waals surface area contributed by atoms with E-state index in [4.69, 9.17) is 9.40 Å². The monoisotopic (exact) mass is 375 g/mol. The average molecular weight is 375 g/mol. The van der Waals surface area contributed by atoms with E-state index in [9.17, 15) is 4.79 Å². The first-order chi connectivity index (χ1) is 13.7. The maximum atomic E-state index is 12.1. The molecule has 0 spiro atoms. The van der Waals surface area contributed by atoms with E-state index in [2.05, 4.69) is 34.7 Å². The number of aromatic nitrogens is 3. The molecule has 142 valence electrons. The van der Waals surface area contributed by atoms with Gasteiger partial charge in [0, 0.05) is 30.9 Å². The molecular formula is C21H21N5O2. The van der Waals surface area contributed by atoms with Crippen molar-refractivity contribution >= 4 is 17.4 Å². The van der Waals surface area contributed by atoms with Crippen LogP contribution >= 0.6 is 0 Å². The summed E-state index contributed by atoms with van der Waals surface area (Å²) in [4.78, 5) is 21.0. The number of fused-ring (bicyclic) bond motifs is 1. The fourth-order valence-corrected chi connectivity index (χ4v) is 2.97. The van der Waals surface area contributed by atoms with Gasteiger partial charge < -0.3 is 15.1 Å². The zero-order chi connectivity index (χ0) is 19.3. The number of nitrogens with one attached hydrogen (secondary N) is 2. The highest BCUT2D eigenvalue weighted by atomic mass is 16.3. The first-order valence-electron chi connectivity index (χ1n) is 9.13. The molecule has 4 rings (SSSR count). The zero-order valence-corrected chi connectivity index (χ0v) is 15.6. The number of imidazole rings is 1. The smallest absolute Gasteiger partial charge is 0.222 e. The van der Waals surface area contributed by atoms with E-state index < -0.39 is 0 Å². The van der Waals surface area contributed by atoms with Gasteiger partial charge in [0.25, 0.3) is 0 Å². The van der Waals surface area contributed by atoms with E-state index in [0.717, 1.165) is 28.5 Å². The van der Waals surface area contributed by atoms with Gasteiger partial charge in [-0.3, -0.25) is 14.2 Å². The molecule has 0 aliphatic carbocycles. The van der Waals surface area contributed by atoms with Crippen LogP contribution in [0.4, 0.5) is 5.82 Å². The molecule has 1 aromatic carbocycles. The number of carbonyl (C=O) groups is 1. The number of benzene rings is 1. The lowest BCUT2D eigenvalue weighted by Crippen LogP contribution is -2.24. The van der Waals surface area contributed by atoms with Gasteiger partial charge in [-0.25, -0.2) is 4.98 Å². The molecule has 7 nitrogen and oxygen atoms in total. The molecule has 0 unspecified atom stereocenters. The third-order valence-corrected chi connectivity index (χ3v) is 4.44. The highest BCUT2D eigenvalue weighted by Gasteiger charge is 2.14. The van der Waals surface area contributed by atoms with Gasteiger partial charge in [-0.15, -0.1) is 0 Å². The van der Waals surface area contributed by atoms with Crippen LogP contribution in [0.25, 0.3) is 16.9 Å². The summed E-state index contributed by atoms with van der Waals surface area (Å²) in [5.41, 5.74) is 3.79. The van der Waals surface area contributed by atoms with Crippen molar-refractivity contribution in [1.82, 2.24) is 19.7 Å². The van der Waals surface area contributed by atoms with Crippen LogP contribution in [0.15, 0.2) is 65.7 Å². The number of carbonyl (C=O) groups excluding carboxylic acids is 1. The Morgan fingerprint density at radius 2 is 2.07 bits per heavy atom. The third kappa shape index (κ3) is 3.88. The number of hydrogen-bond donors (Lipinski definition) is 2. The third-order valence-electron chi connectivity index (χ3n) is 4.44. The number of anilines is 1. The largest absolute Gasteiger partial charge is 0.467 e. The minimum atomic E-state index is -0.0451. The quantitative estimate of drug-likeness (QED) is 0.517. The summed E-state index contributed by atoms with van der Waals surface area (Å²) < 4.78 is 7.17. The number of hydrogen-bond acceptors (Lipinski definition) is 5. The van der Waals surface area contributed by atoms with Crippen molar-refractivity contribution in [3.8, 4) is 11.3 Å². The first kappa shape index (κ1) is 17.8. The lowest BCUT2D eigenvalue weighted by molar-refractivity contribution is -0.121. The molecule has 2 N–H and O–H groups in total. The van der Waals surface area contributed by atoms with Crippen molar-refractivity contribution in [2.45, 2.75) is 19.9 Å². The number of nitrogens with zero attached hydrogens (tertiary/aromatic N) is 3. The summed E-state index contributed by atoms with van der Waals surface area (Å²) >= 11 is 0. The SMILES string of the molecule is Cc1ccc(-c2nc3cnccn3c2NCCC(=O)NCc2ccco2)cc1. The zero-order valence-electron chi connectivity index (χ0n) is 15.6. The van der Waals surface area contributed by atoms with Crippen molar-refractivity contribution < 1.29 is 9.21 Å². The maximum absolute atomic E-state index is 12.1. The summed E-state index contributed by atoms with van der Waals surface area (Å²) in [5, 5.41) is 6.21. The van der Waals surface area contributed by atoms with Gasteiger partial charge in [-0.1, -0.05) is 29.8 Å². The molecule has 0 radical (unpaired) electrons. The molecule has 0 aliphatic rings. The minimum absolute atomic E-state index is 0.0451. The standard InChI is InChI=1S/C21H21N5O2/c1-15-4-6-16(7-5-15)20-21(26-11-10-22-14-18(26)25-20)23-9-8-19(27)24-13-17-3-2-12-28-17/h2-7,10-12,14,23H,8-9,13H2,1H3,(H,24,27). The molecule has 3 aromatic heterocycles. The Hall–Kier alpha value is -3.61. The predicted molar refractivity (Wildman–Crippen MR) is 107 cm³/mol. The molecule has 4 aromatic rings. The maximum Gasteiger partial charge on any atom is 0.222 e. The second-order valence-corrected chi connectivity index (χ2v) is 6.51. The van der Waals surface area contributed by atoms with Crippen molar-refractivity contribution in [2.75, 3.05) is 11.9 Å². The topological polar surface area (TPSA) is 84.5 Å². The second kappa shape index (κ2) is 7.96. The van der Waals surface area contributed by atoms with Crippen molar-refractivity contribution in [2.24, 2.45) is 0 Å². The van der Waals surface area contributed by atoms with Crippen LogP contribution in [0, 0.1) is 6.92 Å². The predicted octanol–water partition coefficient (Wildman–Crippen LogP) is 3.42. The van der Waals surface area contributed by atoms with Gasteiger partial charge in [-0.2, -0.15) is 0 Å². The van der Waals surface area contributed by atoms with Crippen LogP contribution in [-0.2, 0) is 11.3 Å². The summed E-state index contributed by atoms with van der Waals surface area (Å²) in [7, 11) is 0. The van der Waals surface area contributed by atoms with E-state index >= 15 is 0 Å². The summed E-state index contributed by atoms with van der Waals surface area (Å²) in [5.74, 6) is 1.54. The van der Waals surface area contributed by atoms with Crippen LogP contribution in [0.1, 0.15) is 17.7 Å². The number of aryl methyl sites for hydroxylation is 1. The second-order valence-electron chi connectivity index (χ2n) is 6.51. The van der Waals surface area contributed by atoms with E-state index in [-0.39, 0.29) is 5.91 Å². The van der Waals surface area contributed by atoms with Gasteiger partial charge >= 0.3 is 0 Å². The molecule has 7 heteroatoms. The first-order valence-corrected chi connectivity index (χ1v) is 9.13. The van der Waals surface area contributed by atoms with Crippen molar-refractivity contribution in [3.63, 3.8) is 0 Å². The van der Waals surface area contributed by atoms with Crippen molar-refractivity contribution in [1.29, 1.82) is 0 Å². The molecular weight excluding hydrogens is 354 g/mol. The van der Waals surface area contributed by atoms with Gasteiger partial charge in [-0.05, 0) is 19.1 Å². The van der Waals surface area contributed by atoms with Crippen LogP contribution in [0.5, 0.6) is 0 Å². The number of furan rings is 1. The minimum Gasteiger partial charge on any atom is -0.467 e. The lowest BCUT2D eigenvalue weighted by Gasteiger charge is -2.09. The molecule has 28 heavy (non-hydrogen) atoms. The molecule has 1 amide bonds. The van der Waals surface area contributed by atoms with E-state index in [1.54, 1.807) is 24.7 Å². The lowest BCUT2D eigenvalue weighted by atomic mass is 10.1. The summed E-state index contributed by atoms with van der Waals surface area (Å²) in [6.45, 7) is 2.93. The van der Waals surface area contributed by atoms with Gasteiger partial charge in [0.2, 0.25) is 5.91 Å². The Morgan fingerprint density at radius 3 is 2.86 bits per heavy atom. The molecule has 0 fully saturated rings. The normalized spacial score (nSPS) is 10.9. The van der Waals surface area contributed by atoms with Gasteiger partial charge in [0.15, 0.2) is 5.65 Å². The summed E-state index contributed by atoms with van der Waals surface area (Å²) in [6.07, 6.45) is 7.23. The fraction of sp³-hybridized carbons (Fsp3) is 0.190. The molecule has 0 atom stereocenters. The van der Waals surface area contributed by atoms with Crippen LogP contribution in [0.2, 0.25) is 0 Å². The van der Waals surface area contributed by atoms with Crippen LogP contribution in [0.3, 0.4) is 0 Å². The number of rotatable bonds is 7. The van der Waals surface area contributed by atoms with E-state index in [0.29, 0.717) is 19.5 Å². The van der Waals surface area contributed by atoms with Gasteiger partial charge in [0.1, 0.15) is 17.3 Å². The van der Waals surface area contributed by atoms with Crippen molar-refractivity contribution in [3.05, 3.63) is 72.6 Å². The Bertz CT molecular complexity index is 1070. The molecule has 0 saturated carbocycles. The number of amides is 1. The van der Waals surface area contributed by atoms with Crippen LogP contribution in [-0.4, -0.2) is 26.8 Å². The average Bonchev–Trinajstić information content (AvgIpc) is 3.35.